The van der Waals surface area contributed by atoms with Crippen LogP contribution >= 0.6 is 0 Å². The molecule has 1 aliphatic rings. The molecule has 1 heterocycles. The number of rotatable bonds is 10. The number of anilines is 2. The summed E-state index contributed by atoms with van der Waals surface area (Å²) in [7, 11) is 1.58. The molecular weight excluding hydrogens is 395 g/mol. The number of nitrogens with zero attached hydrogens (tertiary/aromatic N) is 2. The van der Waals surface area contributed by atoms with Gasteiger partial charge in [0.25, 0.3) is 0 Å². The van der Waals surface area contributed by atoms with Crippen molar-refractivity contribution in [3.8, 4) is 5.75 Å². The molecule has 6 nitrogen and oxygen atoms in total. The van der Waals surface area contributed by atoms with Crippen LogP contribution in [0.4, 0.5) is 21.6 Å². The van der Waals surface area contributed by atoms with Gasteiger partial charge in [0.2, 0.25) is 0 Å². The highest BCUT2D eigenvalue weighted by Crippen LogP contribution is 2.41. The van der Waals surface area contributed by atoms with Crippen LogP contribution in [0.1, 0.15) is 39.2 Å². The van der Waals surface area contributed by atoms with E-state index in [0.29, 0.717) is 41.8 Å². The summed E-state index contributed by atoms with van der Waals surface area (Å²) in [4.78, 5) is 8.75. The highest BCUT2D eigenvalue weighted by atomic mass is 19.1. The summed E-state index contributed by atoms with van der Waals surface area (Å²) >= 11 is 0. The lowest BCUT2D eigenvalue weighted by atomic mass is 9.68. The highest BCUT2D eigenvalue weighted by molar-refractivity contribution is 5.83. The second-order valence-electron chi connectivity index (χ2n) is 8.48. The Balaban J connectivity index is 1.69. The van der Waals surface area contributed by atoms with Gasteiger partial charge in [-0.05, 0) is 37.3 Å². The van der Waals surface area contributed by atoms with E-state index in [-0.39, 0.29) is 5.56 Å². The number of hydrogen-bond acceptors (Lipinski definition) is 6. The zero-order valence-electron chi connectivity index (χ0n) is 18.7. The zero-order valence-corrected chi connectivity index (χ0v) is 18.7. The van der Waals surface area contributed by atoms with E-state index in [1.807, 2.05) is 12.1 Å². The van der Waals surface area contributed by atoms with Crippen LogP contribution in [-0.4, -0.2) is 37.6 Å². The largest absolute Gasteiger partial charge is 0.491 e. The van der Waals surface area contributed by atoms with Crippen LogP contribution in [0.3, 0.4) is 0 Å². The van der Waals surface area contributed by atoms with E-state index >= 15 is 0 Å². The van der Waals surface area contributed by atoms with Crippen molar-refractivity contribution in [1.82, 2.24) is 4.98 Å². The Morgan fingerprint density at radius 2 is 2.10 bits per heavy atom. The van der Waals surface area contributed by atoms with E-state index in [1.165, 1.54) is 6.07 Å². The molecule has 0 aliphatic heterocycles. The first-order chi connectivity index (χ1) is 14.8. The van der Waals surface area contributed by atoms with E-state index in [2.05, 4.69) is 41.0 Å². The second kappa shape index (κ2) is 9.92. The molecule has 3 rings (SSSR count). The van der Waals surface area contributed by atoms with Gasteiger partial charge in [0.1, 0.15) is 24.0 Å². The first-order valence-electron chi connectivity index (χ1n) is 10.4. The van der Waals surface area contributed by atoms with Crippen LogP contribution in [0.2, 0.25) is 0 Å². The number of methoxy groups -OCH3 is 1. The fourth-order valence-electron chi connectivity index (χ4n) is 3.81. The monoisotopic (exact) mass is 426 g/mol. The molecule has 1 aliphatic carbocycles. The van der Waals surface area contributed by atoms with Gasteiger partial charge in [-0.1, -0.05) is 20.4 Å². The molecule has 0 atom stereocenters. The molecule has 1 aromatic heterocycles. The van der Waals surface area contributed by atoms with Crippen molar-refractivity contribution in [2.24, 2.45) is 10.4 Å². The zero-order chi connectivity index (χ0) is 22.4. The second-order valence-corrected chi connectivity index (χ2v) is 8.48. The van der Waals surface area contributed by atoms with Gasteiger partial charge in [-0.25, -0.2) is 9.37 Å². The van der Waals surface area contributed by atoms with Crippen molar-refractivity contribution in [2.45, 2.75) is 39.7 Å². The fraction of sp³-hybridized carbons (Fsp3) is 0.417. The summed E-state index contributed by atoms with van der Waals surface area (Å²) in [6.45, 7) is 11.1. The molecular formula is C24H31FN4O2. The number of aliphatic imine (C=N–C) groups is 1. The third-order valence-electron chi connectivity index (χ3n) is 5.18. The van der Waals surface area contributed by atoms with E-state index in [0.717, 1.165) is 24.3 Å². The van der Waals surface area contributed by atoms with Crippen LogP contribution in [-0.2, 0) is 4.74 Å². The third-order valence-corrected chi connectivity index (χ3v) is 5.18. The van der Waals surface area contributed by atoms with Crippen LogP contribution in [0.25, 0.3) is 5.70 Å². The van der Waals surface area contributed by atoms with E-state index in [9.17, 15) is 4.39 Å². The van der Waals surface area contributed by atoms with Crippen molar-refractivity contribution in [2.75, 3.05) is 31.0 Å². The minimum Gasteiger partial charge on any atom is -0.491 e. The predicted octanol–water partition coefficient (Wildman–Crippen LogP) is 5.65. The first kappa shape index (κ1) is 22.7. The molecule has 0 bridgehead atoms. The maximum Gasteiger partial charge on any atom is 0.138 e. The van der Waals surface area contributed by atoms with Crippen molar-refractivity contribution < 1.29 is 13.9 Å². The fourth-order valence-corrected chi connectivity index (χ4v) is 3.81. The number of ether oxygens (including phenoxy) is 2. The molecule has 0 amide bonds. The van der Waals surface area contributed by atoms with Gasteiger partial charge in [-0.15, -0.1) is 0 Å². The number of halogens is 1. The summed E-state index contributed by atoms with van der Waals surface area (Å²) in [5, 5.41) is 6.58. The average Bonchev–Trinajstić information content (AvgIpc) is 2.68. The van der Waals surface area contributed by atoms with Gasteiger partial charge in [-0.3, -0.25) is 4.99 Å². The number of hydrogen-bond donors (Lipinski definition) is 2. The lowest BCUT2D eigenvalue weighted by Crippen LogP contribution is -2.41. The normalized spacial score (nSPS) is 15.5. The molecule has 1 fully saturated rings. The van der Waals surface area contributed by atoms with Crippen molar-refractivity contribution in [1.29, 1.82) is 0 Å². The lowest BCUT2D eigenvalue weighted by molar-refractivity contribution is 0.146. The molecule has 2 N–H and O–H groups in total. The number of pyridine rings is 1. The van der Waals surface area contributed by atoms with Crippen molar-refractivity contribution in [3.05, 3.63) is 48.4 Å². The molecule has 2 aromatic rings. The molecule has 0 unspecified atom stereocenters. The Morgan fingerprint density at radius 1 is 1.32 bits per heavy atom. The lowest BCUT2D eigenvalue weighted by Gasteiger charge is -2.43. The van der Waals surface area contributed by atoms with Gasteiger partial charge in [-0.2, -0.15) is 0 Å². The molecule has 0 saturated heterocycles. The molecule has 0 spiro atoms. The third kappa shape index (κ3) is 6.04. The number of nitrogens with one attached hydrogen (secondary N) is 2. The molecule has 0 radical (unpaired) electrons. The summed E-state index contributed by atoms with van der Waals surface area (Å²) in [5.41, 5.74) is 2.24. The summed E-state index contributed by atoms with van der Waals surface area (Å²) in [5.74, 6) is 0.756. The van der Waals surface area contributed by atoms with Gasteiger partial charge in [0.05, 0.1) is 29.7 Å². The maximum atomic E-state index is 14.9. The molecule has 1 saturated carbocycles. The quantitative estimate of drug-likeness (QED) is 0.379. The molecule has 166 valence electrons. The number of aromatic nitrogens is 1. The minimum atomic E-state index is -0.466. The van der Waals surface area contributed by atoms with Crippen LogP contribution in [0.5, 0.6) is 5.75 Å². The van der Waals surface area contributed by atoms with Gasteiger partial charge >= 0.3 is 0 Å². The smallest absolute Gasteiger partial charge is 0.138 e. The molecule has 1 aromatic carbocycles. The van der Waals surface area contributed by atoms with Gasteiger partial charge in [0.15, 0.2) is 0 Å². The van der Waals surface area contributed by atoms with Crippen LogP contribution in [0, 0.1) is 11.2 Å². The Labute approximate surface area is 183 Å². The topological polar surface area (TPSA) is 67.8 Å². The predicted molar refractivity (Wildman–Crippen MR) is 125 cm³/mol. The summed E-state index contributed by atoms with van der Waals surface area (Å²) in [6.07, 6.45) is 5.59. The van der Waals surface area contributed by atoms with Crippen LogP contribution in [0.15, 0.2) is 42.0 Å². The Bertz CT molecular complexity index is 933. The van der Waals surface area contributed by atoms with Crippen molar-refractivity contribution in [3.63, 3.8) is 0 Å². The van der Waals surface area contributed by atoms with Gasteiger partial charge < -0.3 is 20.1 Å². The Kier molecular flexibility index (Phi) is 7.28. The average molecular weight is 427 g/mol. The van der Waals surface area contributed by atoms with Gasteiger partial charge in [0, 0.05) is 37.2 Å². The maximum absolute atomic E-state index is 14.9. The van der Waals surface area contributed by atoms with E-state index in [1.54, 1.807) is 32.5 Å². The highest BCUT2D eigenvalue weighted by Gasteiger charge is 2.35. The van der Waals surface area contributed by atoms with Crippen molar-refractivity contribution >= 4 is 29.1 Å². The Hall–Kier alpha value is -2.93. The van der Waals surface area contributed by atoms with E-state index in [4.69, 9.17) is 9.47 Å². The van der Waals surface area contributed by atoms with E-state index < -0.39 is 5.82 Å². The molecule has 7 heteroatoms. The number of benzene rings is 1. The first-order valence-corrected chi connectivity index (χ1v) is 10.4. The van der Waals surface area contributed by atoms with Crippen LogP contribution < -0.4 is 15.4 Å². The summed E-state index contributed by atoms with van der Waals surface area (Å²) < 4.78 is 25.4. The standard InChI is InChI=1S/C24H31FN4O2/c1-6-26-21-12-19(31-10-9-30-5)11-20(25)23(21)16(2)28-17-7-8-22(27-15-17)29-18-13-24(3,4)14-18/h6-8,11-12,15,18,28H,2,9-10,13-14H2,1,3-5H3,(H,27,29). The SMILES string of the molecule is C=C(Nc1ccc(NC2CC(C)(C)C2)nc1)c1c(F)cc(OCCOC)cc1N=CC. The molecule has 31 heavy (non-hydrogen) atoms. The minimum absolute atomic E-state index is 0.288. The Morgan fingerprint density at radius 3 is 2.71 bits per heavy atom. The summed E-state index contributed by atoms with van der Waals surface area (Å²) in [6, 6.07) is 7.29.